The quantitative estimate of drug-likeness (QED) is 0.927. The molecule has 1 atom stereocenters. The van der Waals surface area contributed by atoms with E-state index in [9.17, 15) is 5.11 Å². The first-order chi connectivity index (χ1) is 9.85. The zero-order chi connectivity index (χ0) is 15.5. The first-order valence-electron chi connectivity index (χ1n) is 7.61. The summed E-state index contributed by atoms with van der Waals surface area (Å²) in [6, 6.07) is 5.71. The minimum absolute atomic E-state index is 0.221. The predicted octanol–water partition coefficient (Wildman–Crippen LogP) is 2.86. The van der Waals surface area contributed by atoms with E-state index in [0.29, 0.717) is 19.8 Å². The monoisotopic (exact) mass is 293 g/mol. The Hall–Kier alpha value is -1.26. The topological polar surface area (TPSA) is 41.9 Å². The Morgan fingerprint density at radius 3 is 2.52 bits per heavy atom. The van der Waals surface area contributed by atoms with Crippen molar-refractivity contribution in [1.82, 2.24) is 4.90 Å². The van der Waals surface area contributed by atoms with Gasteiger partial charge >= 0.3 is 0 Å². The fraction of sp³-hybridized carbons (Fsp3) is 0.647. The van der Waals surface area contributed by atoms with Crippen LogP contribution in [0, 0.1) is 5.41 Å². The molecule has 0 aliphatic carbocycles. The van der Waals surface area contributed by atoms with Crippen molar-refractivity contribution < 1.29 is 14.6 Å². The number of hydrogen-bond donors (Lipinski definition) is 1. The first kappa shape index (κ1) is 16.1. The Bertz CT molecular complexity index is 468. The zero-order valence-electron chi connectivity index (χ0n) is 13.6. The maximum atomic E-state index is 10.4. The molecule has 0 fully saturated rings. The molecule has 1 aliphatic rings. The number of hydrogen-bond acceptors (Lipinski definition) is 4. The van der Waals surface area contributed by atoms with Crippen molar-refractivity contribution >= 4 is 0 Å². The van der Waals surface area contributed by atoms with E-state index in [1.807, 2.05) is 25.2 Å². The lowest BCUT2D eigenvalue weighted by Crippen LogP contribution is -2.32. The van der Waals surface area contributed by atoms with E-state index < -0.39 is 6.10 Å². The number of aliphatic hydroxyl groups excluding tert-OH is 1. The van der Waals surface area contributed by atoms with Gasteiger partial charge in [-0.2, -0.15) is 0 Å². The van der Waals surface area contributed by atoms with E-state index >= 15 is 0 Å². The Morgan fingerprint density at radius 2 is 1.86 bits per heavy atom. The number of fused-ring (bicyclic) bond motifs is 1. The average Bonchev–Trinajstić information content (AvgIpc) is 2.60. The van der Waals surface area contributed by atoms with Crippen molar-refractivity contribution in [3.63, 3.8) is 0 Å². The largest absolute Gasteiger partial charge is 0.490 e. The van der Waals surface area contributed by atoms with Crippen molar-refractivity contribution in [3.8, 4) is 11.5 Å². The number of likely N-dealkylation sites (N-methyl/N-ethyl adjacent to an activating group) is 1. The molecule has 1 unspecified atom stereocenters. The summed E-state index contributed by atoms with van der Waals surface area (Å²) in [6.07, 6.45) is 0.371. The molecule has 1 aliphatic heterocycles. The second kappa shape index (κ2) is 6.67. The molecule has 2 rings (SSSR count). The van der Waals surface area contributed by atoms with Gasteiger partial charge in [-0.15, -0.1) is 0 Å². The number of aliphatic hydroxyl groups is 1. The lowest BCUT2D eigenvalue weighted by molar-refractivity contribution is 0.108. The third-order valence-electron chi connectivity index (χ3n) is 3.39. The summed E-state index contributed by atoms with van der Waals surface area (Å²) >= 11 is 0. The third-order valence-corrected chi connectivity index (χ3v) is 3.39. The maximum Gasteiger partial charge on any atom is 0.161 e. The molecular formula is C17H27NO3. The van der Waals surface area contributed by atoms with Crippen LogP contribution in [0.2, 0.25) is 0 Å². The van der Waals surface area contributed by atoms with Crippen molar-refractivity contribution in [2.45, 2.75) is 33.3 Å². The van der Waals surface area contributed by atoms with Gasteiger partial charge in [0, 0.05) is 19.5 Å². The van der Waals surface area contributed by atoms with E-state index in [1.165, 1.54) is 0 Å². The molecule has 4 nitrogen and oxygen atoms in total. The molecule has 1 N–H and O–H groups in total. The van der Waals surface area contributed by atoms with E-state index in [4.69, 9.17) is 9.47 Å². The van der Waals surface area contributed by atoms with Gasteiger partial charge in [-0.05, 0) is 30.2 Å². The van der Waals surface area contributed by atoms with Gasteiger partial charge in [0.1, 0.15) is 0 Å². The van der Waals surface area contributed by atoms with Crippen LogP contribution in [-0.4, -0.2) is 43.4 Å². The SMILES string of the molecule is CN(CC(O)c1ccc2c(c1)OCCCO2)CC(C)(C)C. The number of benzene rings is 1. The van der Waals surface area contributed by atoms with Gasteiger partial charge in [-0.3, -0.25) is 0 Å². The molecule has 0 saturated heterocycles. The van der Waals surface area contributed by atoms with Gasteiger partial charge in [-0.1, -0.05) is 26.8 Å². The summed E-state index contributed by atoms with van der Waals surface area (Å²) in [6.45, 7) is 9.49. The lowest BCUT2D eigenvalue weighted by atomic mass is 9.96. The van der Waals surface area contributed by atoms with Crippen LogP contribution in [0.25, 0.3) is 0 Å². The van der Waals surface area contributed by atoms with Crippen molar-refractivity contribution in [2.75, 3.05) is 33.4 Å². The highest BCUT2D eigenvalue weighted by molar-refractivity contribution is 5.44. The molecule has 21 heavy (non-hydrogen) atoms. The standard InChI is InChI=1S/C17H27NO3/c1-17(2,3)12-18(4)11-14(19)13-6-7-15-16(10-13)21-9-5-8-20-15/h6-7,10,14,19H,5,8-9,11-12H2,1-4H3. The summed E-state index contributed by atoms with van der Waals surface area (Å²) in [7, 11) is 2.04. The third kappa shape index (κ3) is 4.90. The Labute approximate surface area is 127 Å². The molecule has 1 heterocycles. The molecular weight excluding hydrogens is 266 g/mol. The van der Waals surface area contributed by atoms with Crippen LogP contribution in [0.4, 0.5) is 0 Å². The summed E-state index contributed by atoms with van der Waals surface area (Å²) < 4.78 is 11.3. The molecule has 0 spiro atoms. The molecule has 1 aromatic carbocycles. The van der Waals surface area contributed by atoms with Crippen LogP contribution in [0.5, 0.6) is 11.5 Å². The van der Waals surface area contributed by atoms with E-state index in [1.54, 1.807) is 0 Å². The minimum Gasteiger partial charge on any atom is -0.490 e. The number of ether oxygens (including phenoxy) is 2. The fourth-order valence-corrected chi connectivity index (χ4v) is 2.66. The molecule has 118 valence electrons. The lowest BCUT2D eigenvalue weighted by Gasteiger charge is -2.28. The van der Waals surface area contributed by atoms with Gasteiger partial charge < -0.3 is 19.5 Å². The molecule has 0 saturated carbocycles. The normalized spacial score (nSPS) is 16.7. The summed E-state index contributed by atoms with van der Waals surface area (Å²) in [5, 5.41) is 10.4. The second-order valence-electron chi connectivity index (χ2n) is 7.03. The highest BCUT2D eigenvalue weighted by atomic mass is 16.5. The highest BCUT2D eigenvalue weighted by Gasteiger charge is 2.19. The molecule has 0 amide bonds. The summed E-state index contributed by atoms with van der Waals surface area (Å²) in [4.78, 5) is 2.16. The van der Waals surface area contributed by atoms with Crippen LogP contribution in [0.15, 0.2) is 18.2 Å². The smallest absolute Gasteiger partial charge is 0.161 e. The Morgan fingerprint density at radius 1 is 1.19 bits per heavy atom. The van der Waals surface area contributed by atoms with Gasteiger partial charge in [-0.25, -0.2) is 0 Å². The Balaban J connectivity index is 2.02. The average molecular weight is 293 g/mol. The van der Waals surface area contributed by atoms with E-state index in [2.05, 4.69) is 25.7 Å². The van der Waals surface area contributed by atoms with E-state index in [-0.39, 0.29) is 5.41 Å². The molecule has 4 heteroatoms. The van der Waals surface area contributed by atoms with Gasteiger partial charge in [0.05, 0.1) is 19.3 Å². The predicted molar refractivity (Wildman–Crippen MR) is 84.0 cm³/mol. The van der Waals surface area contributed by atoms with Crippen molar-refractivity contribution in [3.05, 3.63) is 23.8 Å². The molecule has 0 bridgehead atoms. The van der Waals surface area contributed by atoms with Crippen molar-refractivity contribution in [1.29, 1.82) is 0 Å². The summed E-state index contributed by atoms with van der Waals surface area (Å²) in [5.74, 6) is 1.51. The van der Waals surface area contributed by atoms with Gasteiger partial charge in [0.2, 0.25) is 0 Å². The minimum atomic E-state index is -0.519. The first-order valence-corrected chi connectivity index (χ1v) is 7.61. The van der Waals surface area contributed by atoms with Crippen molar-refractivity contribution in [2.24, 2.45) is 5.41 Å². The van der Waals surface area contributed by atoms with Crippen LogP contribution < -0.4 is 9.47 Å². The Kier molecular flexibility index (Phi) is 5.12. The van der Waals surface area contributed by atoms with Crippen LogP contribution in [0.3, 0.4) is 0 Å². The molecule has 0 aromatic heterocycles. The van der Waals surface area contributed by atoms with Crippen LogP contribution in [-0.2, 0) is 0 Å². The molecule has 0 radical (unpaired) electrons. The summed E-state index contributed by atoms with van der Waals surface area (Å²) in [5.41, 5.74) is 1.10. The number of rotatable bonds is 4. The van der Waals surface area contributed by atoms with Crippen LogP contribution in [0.1, 0.15) is 38.9 Å². The fourth-order valence-electron chi connectivity index (χ4n) is 2.66. The van der Waals surface area contributed by atoms with E-state index in [0.717, 1.165) is 30.0 Å². The van der Waals surface area contributed by atoms with Crippen LogP contribution >= 0.6 is 0 Å². The number of nitrogens with zero attached hydrogens (tertiary/aromatic N) is 1. The second-order valence-corrected chi connectivity index (χ2v) is 7.03. The zero-order valence-corrected chi connectivity index (χ0v) is 13.6. The highest BCUT2D eigenvalue weighted by Crippen LogP contribution is 2.32. The van der Waals surface area contributed by atoms with Gasteiger partial charge in [0.15, 0.2) is 11.5 Å². The van der Waals surface area contributed by atoms with Gasteiger partial charge in [0.25, 0.3) is 0 Å². The maximum absolute atomic E-state index is 10.4. The molecule has 1 aromatic rings.